The Labute approximate surface area is 202 Å². The van der Waals surface area contributed by atoms with E-state index in [0.29, 0.717) is 12.0 Å². The maximum Gasteiger partial charge on any atom is 0.419 e. The number of carbonyl (C=O) groups is 1. The molecule has 1 aromatic carbocycles. The van der Waals surface area contributed by atoms with Crippen molar-refractivity contribution in [3.05, 3.63) is 76.4 Å². The van der Waals surface area contributed by atoms with Gasteiger partial charge in [0.25, 0.3) is 0 Å². The largest absolute Gasteiger partial charge is 0.419 e. The lowest BCUT2D eigenvalue weighted by Crippen LogP contribution is -2.43. The molecular weight excluding hydrogens is 457 g/mol. The van der Waals surface area contributed by atoms with Crippen molar-refractivity contribution < 1.29 is 18.0 Å². The van der Waals surface area contributed by atoms with Crippen molar-refractivity contribution in [3.8, 4) is 0 Å². The first-order valence-electron chi connectivity index (χ1n) is 11.7. The minimum atomic E-state index is -4.56. The molecule has 1 saturated heterocycles. The van der Waals surface area contributed by atoms with Gasteiger partial charge in [-0.05, 0) is 49.0 Å². The molecule has 35 heavy (non-hydrogen) atoms. The highest BCUT2D eigenvalue weighted by Gasteiger charge is 2.35. The highest BCUT2D eigenvalue weighted by Crippen LogP contribution is 2.32. The van der Waals surface area contributed by atoms with Gasteiger partial charge in [0.15, 0.2) is 0 Å². The number of halogens is 3. The third-order valence-electron chi connectivity index (χ3n) is 6.21. The fourth-order valence-electron chi connectivity index (χ4n) is 4.41. The molecule has 1 aliphatic carbocycles. The lowest BCUT2D eigenvalue weighted by molar-refractivity contribution is -0.138. The molecule has 0 unspecified atom stereocenters. The van der Waals surface area contributed by atoms with Gasteiger partial charge in [0, 0.05) is 43.8 Å². The number of nitrogens with zero attached hydrogens (tertiary/aromatic N) is 3. The van der Waals surface area contributed by atoms with E-state index in [1.165, 1.54) is 5.70 Å². The van der Waals surface area contributed by atoms with Crippen LogP contribution in [0.2, 0.25) is 0 Å². The van der Waals surface area contributed by atoms with Crippen molar-refractivity contribution in [2.45, 2.75) is 38.3 Å². The number of aryl methyl sites for hydroxylation is 2. The van der Waals surface area contributed by atoms with Gasteiger partial charge < -0.3 is 21.3 Å². The molecule has 0 bridgehead atoms. The summed E-state index contributed by atoms with van der Waals surface area (Å²) in [4.78, 5) is 21.9. The number of carbonyl (C=O) groups excluding carboxylic acids is 1. The Hall–Kier alpha value is -3.40. The molecular formula is C25H29F3N6O. The summed E-state index contributed by atoms with van der Waals surface area (Å²) >= 11 is 0. The second-order valence-electron chi connectivity index (χ2n) is 8.68. The lowest BCUT2D eigenvalue weighted by Gasteiger charge is -2.33. The van der Waals surface area contributed by atoms with Gasteiger partial charge in [0.05, 0.1) is 17.7 Å². The molecule has 7 nitrogen and oxygen atoms in total. The fraction of sp³-hybridized carbons (Fsp3) is 0.400. The molecule has 186 valence electrons. The van der Waals surface area contributed by atoms with Crippen LogP contribution >= 0.6 is 0 Å². The van der Waals surface area contributed by atoms with Crippen LogP contribution in [-0.4, -0.2) is 47.0 Å². The van der Waals surface area contributed by atoms with Crippen LogP contribution < -0.4 is 16.4 Å². The van der Waals surface area contributed by atoms with Crippen LogP contribution in [0.1, 0.15) is 35.2 Å². The summed E-state index contributed by atoms with van der Waals surface area (Å²) in [6.07, 6.45) is 2.24. The Morgan fingerprint density at radius 3 is 2.49 bits per heavy atom. The van der Waals surface area contributed by atoms with Crippen LogP contribution in [0.4, 0.5) is 19.1 Å². The molecule has 4 N–H and O–H groups in total. The van der Waals surface area contributed by atoms with Crippen LogP contribution in [0.15, 0.2) is 54.0 Å². The number of nitrogens with one attached hydrogen (secondary N) is 2. The monoisotopic (exact) mass is 486 g/mol. The van der Waals surface area contributed by atoms with E-state index in [1.807, 2.05) is 6.08 Å². The van der Waals surface area contributed by atoms with Gasteiger partial charge in [-0.1, -0.05) is 24.3 Å². The lowest BCUT2D eigenvalue weighted by atomic mass is 9.98. The van der Waals surface area contributed by atoms with Crippen molar-refractivity contribution >= 4 is 11.9 Å². The molecule has 2 aliphatic rings. The molecule has 0 spiro atoms. The van der Waals surface area contributed by atoms with Crippen LogP contribution in [0.25, 0.3) is 0 Å². The molecule has 2 aromatic rings. The van der Waals surface area contributed by atoms with E-state index in [4.69, 9.17) is 5.73 Å². The maximum absolute atomic E-state index is 13.6. The number of hydrogen-bond donors (Lipinski definition) is 3. The first-order valence-corrected chi connectivity index (χ1v) is 11.7. The van der Waals surface area contributed by atoms with Gasteiger partial charge in [-0.25, -0.2) is 9.97 Å². The fourth-order valence-corrected chi connectivity index (χ4v) is 4.41. The molecule has 1 aromatic heterocycles. The van der Waals surface area contributed by atoms with E-state index in [0.717, 1.165) is 56.5 Å². The smallest absolute Gasteiger partial charge is 0.372 e. The van der Waals surface area contributed by atoms with E-state index in [9.17, 15) is 18.0 Å². The molecule has 0 atom stereocenters. The summed E-state index contributed by atoms with van der Waals surface area (Å²) in [5, 5.41) is 6.43. The quantitative estimate of drug-likeness (QED) is 0.531. The van der Waals surface area contributed by atoms with E-state index >= 15 is 0 Å². The highest BCUT2D eigenvalue weighted by atomic mass is 19.4. The van der Waals surface area contributed by atoms with Crippen molar-refractivity contribution in [3.63, 3.8) is 0 Å². The first kappa shape index (κ1) is 24.7. The first-order chi connectivity index (χ1) is 16.8. The summed E-state index contributed by atoms with van der Waals surface area (Å²) in [5.74, 6) is -0.347. The van der Waals surface area contributed by atoms with Crippen molar-refractivity contribution in [1.29, 1.82) is 0 Å². The van der Waals surface area contributed by atoms with Gasteiger partial charge in [-0.15, -0.1) is 0 Å². The van der Waals surface area contributed by atoms with Gasteiger partial charge in [-0.3, -0.25) is 4.79 Å². The molecule has 4 rings (SSSR count). The second-order valence-corrected chi connectivity index (χ2v) is 8.68. The molecule has 1 amide bonds. The number of nitrogens with two attached hydrogens (primary N) is 1. The maximum atomic E-state index is 13.6. The summed E-state index contributed by atoms with van der Waals surface area (Å²) in [5.41, 5.74) is 7.98. The minimum absolute atomic E-state index is 0.0382. The summed E-state index contributed by atoms with van der Waals surface area (Å²) in [6, 6.07) is 7.11. The number of anilines is 1. The Bertz CT molecular complexity index is 1120. The third kappa shape index (κ3) is 6.60. The third-order valence-corrected chi connectivity index (χ3v) is 6.21. The zero-order chi connectivity index (χ0) is 24.8. The molecule has 0 radical (unpaired) electrons. The topological polar surface area (TPSA) is 96.2 Å². The normalized spacial score (nSPS) is 16.5. The number of benzene rings is 1. The average Bonchev–Trinajstić information content (AvgIpc) is 2.83. The summed E-state index contributed by atoms with van der Waals surface area (Å²) in [7, 11) is 0. The molecule has 0 saturated carbocycles. The Kier molecular flexibility index (Phi) is 7.70. The van der Waals surface area contributed by atoms with Crippen LogP contribution in [0.5, 0.6) is 0 Å². The number of alkyl halides is 3. The SMILES string of the molecule is NC(=O)Cc1ccccc1CCc1nc(NC2=CC=C(N3CCNCC3)CC2)ncc1C(F)(F)F. The minimum Gasteiger partial charge on any atom is -0.372 e. The Morgan fingerprint density at radius 2 is 1.83 bits per heavy atom. The van der Waals surface area contributed by atoms with Crippen molar-refractivity contribution in [2.75, 3.05) is 31.5 Å². The standard InChI is InChI=1S/C25H29F3N6O/c26-25(27,28)21-16-31-24(32-19-6-8-20(9-7-19)34-13-11-30-12-14-34)33-22(21)10-5-17-3-1-2-4-18(17)15-23(29)35/h1-4,6,8,16,30H,5,7,9-15H2,(H2,29,35)(H,31,32,33). The number of hydrogen-bond acceptors (Lipinski definition) is 6. The molecule has 10 heteroatoms. The number of piperazine rings is 1. The number of primary amides is 1. The van der Waals surface area contributed by atoms with Gasteiger partial charge >= 0.3 is 6.18 Å². The number of allylic oxidation sites excluding steroid dienone is 4. The van der Waals surface area contributed by atoms with E-state index in [-0.39, 0.29) is 24.5 Å². The number of rotatable bonds is 8. The number of amides is 1. The summed E-state index contributed by atoms with van der Waals surface area (Å²) in [6.45, 7) is 3.86. The summed E-state index contributed by atoms with van der Waals surface area (Å²) < 4.78 is 40.9. The molecule has 2 heterocycles. The second kappa shape index (κ2) is 10.9. The Balaban J connectivity index is 1.50. The zero-order valence-electron chi connectivity index (χ0n) is 19.4. The van der Waals surface area contributed by atoms with E-state index in [2.05, 4.69) is 31.6 Å². The van der Waals surface area contributed by atoms with Crippen LogP contribution in [-0.2, 0) is 30.2 Å². The molecule has 1 fully saturated rings. The van der Waals surface area contributed by atoms with E-state index in [1.54, 1.807) is 24.3 Å². The highest BCUT2D eigenvalue weighted by molar-refractivity contribution is 5.77. The van der Waals surface area contributed by atoms with Crippen LogP contribution in [0.3, 0.4) is 0 Å². The number of aromatic nitrogens is 2. The van der Waals surface area contributed by atoms with Gasteiger partial charge in [0.2, 0.25) is 11.9 Å². The van der Waals surface area contributed by atoms with E-state index < -0.39 is 17.6 Å². The zero-order valence-corrected chi connectivity index (χ0v) is 19.4. The van der Waals surface area contributed by atoms with Crippen molar-refractivity contribution in [1.82, 2.24) is 20.2 Å². The van der Waals surface area contributed by atoms with Gasteiger partial charge in [0.1, 0.15) is 0 Å². The van der Waals surface area contributed by atoms with Crippen LogP contribution in [0, 0.1) is 0 Å². The molecule has 1 aliphatic heterocycles. The predicted molar refractivity (Wildman–Crippen MR) is 127 cm³/mol. The predicted octanol–water partition coefficient (Wildman–Crippen LogP) is 3.19. The van der Waals surface area contributed by atoms with Crippen molar-refractivity contribution in [2.24, 2.45) is 5.73 Å². The van der Waals surface area contributed by atoms with Gasteiger partial charge in [-0.2, -0.15) is 13.2 Å². The Morgan fingerprint density at radius 1 is 1.09 bits per heavy atom. The average molecular weight is 487 g/mol.